The molecule has 0 spiro atoms. The van der Waals surface area contributed by atoms with Crippen molar-refractivity contribution >= 4 is 23.1 Å². The van der Waals surface area contributed by atoms with Crippen LogP contribution in [0.5, 0.6) is 0 Å². The molecule has 0 aromatic carbocycles. The van der Waals surface area contributed by atoms with E-state index in [1.54, 1.807) is 6.20 Å². The van der Waals surface area contributed by atoms with Gasteiger partial charge < -0.3 is 16.3 Å². The second kappa shape index (κ2) is 6.01. The van der Waals surface area contributed by atoms with Crippen LogP contribution >= 0.6 is 11.3 Å². The maximum absolute atomic E-state index is 12.3. The van der Waals surface area contributed by atoms with Crippen LogP contribution in [0, 0.1) is 11.8 Å². The lowest BCUT2D eigenvalue weighted by molar-refractivity contribution is -0.125. The Bertz CT molecular complexity index is 454. The highest BCUT2D eigenvalue weighted by Crippen LogP contribution is 2.23. The zero-order valence-electron chi connectivity index (χ0n) is 11.5. The van der Waals surface area contributed by atoms with Crippen molar-refractivity contribution in [3.05, 3.63) is 16.6 Å². The summed E-state index contributed by atoms with van der Waals surface area (Å²) in [4.78, 5) is 16.5. The van der Waals surface area contributed by atoms with Crippen LogP contribution in [0.1, 0.15) is 32.7 Å². The fourth-order valence-electron chi connectivity index (χ4n) is 1.81. The molecule has 1 heterocycles. The third-order valence-corrected chi connectivity index (χ3v) is 3.88. The van der Waals surface area contributed by atoms with Crippen molar-refractivity contribution in [1.82, 2.24) is 10.3 Å². The molecule has 0 aliphatic rings. The number of hydrogen-bond donors (Lipinski definition) is 3. The van der Waals surface area contributed by atoms with Crippen molar-refractivity contribution in [2.45, 2.75) is 33.2 Å². The lowest BCUT2D eigenvalue weighted by atomic mass is 9.92. The van der Waals surface area contributed by atoms with E-state index in [-0.39, 0.29) is 17.7 Å². The Kier molecular flexibility index (Phi) is 4.88. The molecule has 0 saturated carbocycles. The van der Waals surface area contributed by atoms with Gasteiger partial charge in [-0.05, 0) is 19.8 Å². The van der Waals surface area contributed by atoms with E-state index in [4.69, 9.17) is 10.9 Å². The molecule has 0 fully saturated rings. The van der Waals surface area contributed by atoms with E-state index in [9.17, 15) is 4.79 Å². The van der Waals surface area contributed by atoms with E-state index in [2.05, 4.69) is 15.5 Å². The van der Waals surface area contributed by atoms with Gasteiger partial charge in [-0.25, -0.2) is 4.98 Å². The van der Waals surface area contributed by atoms with Crippen LogP contribution in [-0.4, -0.2) is 21.9 Å². The lowest BCUT2D eigenvalue weighted by Crippen LogP contribution is -2.48. The second-order valence-electron chi connectivity index (χ2n) is 5.20. The van der Waals surface area contributed by atoms with E-state index < -0.39 is 11.5 Å². The molecule has 1 aromatic heterocycles. The van der Waals surface area contributed by atoms with Gasteiger partial charge >= 0.3 is 0 Å². The summed E-state index contributed by atoms with van der Waals surface area (Å²) in [6.45, 7) is 7.43. The van der Waals surface area contributed by atoms with Gasteiger partial charge in [0, 0.05) is 11.6 Å². The Hall–Kier alpha value is -1.63. The standard InChI is InChI=1S/C12H20N4O2S/c1-7(2)8(9(13)16-18)10(17)15-12(3,4)11-14-5-6-19-11/h5-8,18H,1-4H3,(H2,13,16)(H,15,17). The van der Waals surface area contributed by atoms with Crippen molar-refractivity contribution in [2.75, 3.05) is 0 Å². The maximum atomic E-state index is 12.3. The third-order valence-electron chi connectivity index (χ3n) is 2.79. The number of carbonyl (C=O) groups is 1. The molecule has 6 nitrogen and oxygen atoms in total. The zero-order valence-corrected chi connectivity index (χ0v) is 12.4. The van der Waals surface area contributed by atoms with E-state index in [0.717, 1.165) is 5.01 Å². The van der Waals surface area contributed by atoms with Crippen LogP contribution in [-0.2, 0) is 10.3 Å². The SMILES string of the molecule is CC(C)C(C(=O)NC(C)(C)c1nccs1)/C(N)=N/O. The maximum Gasteiger partial charge on any atom is 0.231 e. The molecule has 106 valence electrons. The molecule has 19 heavy (non-hydrogen) atoms. The number of thiazole rings is 1. The summed E-state index contributed by atoms with van der Waals surface area (Å²) in [5.41, 5.74) is 4.99. The molecule has 1 rings (SSSR count). The van der Waals surface area contributed by atoms with Crippen molar-refractivity contribution in [1.29, 1.82) is 0 Å². The minimum absolute atomic E-state index is 0.0667. The monoisotopic (exact) mass is 284 g/mol. The first-order valence-electron chi connectivity index (χ1n) is 5.99. The number of amidine groups is 1. The first-order valence-corrected chi connectivity index (χ1v) is 6.87. The topological polar surface area (TPSA) is 101 Å². The summed E-state index contributed by atoms with van der Waals surface area (Å²) in [6, 6.07) is 0. The number of rotatable bonds is 5. The summed E-state index contributed by atoms with van der Waals surface area (Å²) < 4.78 is 0. The van der Waals surface area contributed by atoms with Crippen LogP contribution in [0.2, 0.25) is 0 Å². The van der Waals surface area contributed by atoms with E-state index >= 15 is 0 Å². The Balaban J connectivity index is 2.89. The van der Waals surface area contributed by atoms with E-state index in [0.29, 0.717) is 0 Å². The quantitative estimate of drug-likeness (QED) is 0.330. The van der Waals surface area contributed by atoms with Gasteiger partial charge in [-0.3, -0.25) is 4.79 Å². The average molecular weight is 284 g/mol. The largest absolute Gasteiger partial charge is 0.409 e. The van der Waals surface area contributed by atoms with Gasteiger partial charge in [0.2, 0.25) is 5.91 Å². The number of nitrogens with one attached hydrogen (secondary N) is 1. The highest BCUT2D eigenvalue weighted by molar-refractivity contribution is 7.09. The smallest absolute Gasteiger partial charge is 0.231 e. The first-order chi connectivity index (χ1) is 8.79. The minimum atomic E-state index is -0.663. The molecular weight excluding hydrogens is 264 g/mol. The number of hydrogen-bond acceptors (Lipinski definition) is 5. The fourth-order valence-corrected chi connectivity index (χ4v) is 2.53. The van der Waals surface area contributed by atoms with Crippen LogP contribution in [0.3, 0.4) is 0 Å². The molecule has 1 amide bonds. The van der Waals surface area contributed by atoms with Crippen molar-refractivity contribution in [3.8, 4) is 0 Å². The van der Waals surface area contributed by atoms with Gasteiger partial charge in [-0.15, -0.1) is 11.3 Å². The molecule has 7 heteroatoms. The number of aromatic nitrogens is 1. The summed E-state index contributed by atoms with van der Waals surface area (Å²) in [5.74, 6) is -1.08. The second-order valence-corrected chi connectivity index (χ2v) is 6.09. The molecule has 1 atom stereocenters. The summed E-state index contributed by atoms with van der Waals surface area (Å²) in [6.07, 6.45) is 1.69. The molecule has 0 aliphatic carbocycles. The molecule has 0 aliphatic heterocycles. The molecule has 0 bridgehead atoms. The van der Waals surface area contributed by atoms with Gasteiger partial charge in [0.05, 0.1) is 5.54 Å². The lowest BCUT2D eigenvalue weighted by Gasteiger charge is -2.27. The Morgan fingerprint density at radius 2 is 2.21 bits per heavy atom. The van der Waals surface area contributed by atoms with Crippen molar-refractivity contribution in [2.24, 2.45) is 22.7 Å². The Morgan fingerprint density at radius 3 is 2.63 bits per heavy atom. The molecule has 1 unspecified atom stereocenters. The molecule has 0 radical (unpaired) electrons. The van der Waals surface area contributed by atoms with Crippen LogP contribution in [0.4, 0.5) is 0 Å². The highest BCUT2D eigenvalue weighted by Gasteiger charge is 2.32. The number of nitrogens with zero attached hydrogens (tertiary/aromatic N) is 2. The molecule has 4 N–H and O–H groups in total. The summed E-state index contributed by atoms with van der Waals surface area (Å²) >= 11 is 1.47. The van der Waals surface area contributed by atoms with Gasteiger partial charge in [-0.2, -0.15) is 0 Å². The van der Waals surface area contributed by atoms with Gasteiger partial charge in [-0.1, -0.05) is 19.0 Å². The molecular formula is C12H20N4O2S. The predicted octanol–water partition coefficient (Wildman–Crippen LogP) is 1.51. The first kappa shape index (κ1) is 15.4. The zero-order chi connectivity index (χ0) is 14.6. The van der Waals surface area contributed by atoms with Crippen molar-refractivity contribution in [3.63, 3.8) is 0 Å². The normalized spacial score (nSPS) is 14.5. The number of carbonyl (C=O) groups excluding carboxylic acids is 1. The Morgan fingerprint density at radius 1 is 1.58 bits per heavy atom. The fraction of sp³-hybridized carbons (Fsp3) is 0.583. The number of nitrogens with two attached hydrogens (primary N) is 1. The van der Waals surface area contributed by atoms with Gasteiger partial charge in [0.1, 0.15) is 10.9 Å². The van der Waals surface area contributed by atoms with Crippen LogP contribution < -0.4 is 11.1 Å². The van der Waals surface area contributed by atoms with Crippen molar-refractivity contribution < 1.29 is 10.0 Å². The predicted molar refractivity (Wildman–Crippen MR) is 75.0 cm³/mol. The van der Waals surface area contributed by atoms with Crippen LogP contribution in [0.25, 0.3) is 0 Å². The molecule has 1 aromatic rings. The van der Waals surface area contributed by atoms with Crippen LogP contribution in [0.15, 0.2) is 16.7 Å². The van der Waals surface area contributed by atoms with E-state index in [1.165, 1.54) is 11.3 Å². The number of oxime groups is 1. The summed E-state index contributed by atoms with van der Waals surface area (Å²) in [7, 11) is 0. The van der Waals surface area contributed by atoms with Gasteiger partial charge in [0.25, 0.3) is 0 Å². The third kappa shape index (κ3) is 3.66. The van der Waals surface area contributed by atoms with Gasteiger partial charge in [0.15, 0.2) is 5.84 Å². The summed E-state index contributed by atoms with van der Waals surface area (Å²) in [5, 5.41) is 17.3. The average Bonchev–Trinajstić information content (AvgIpc) is 2.81. The number of amides is 1. The highest BCUT2D eigenvalue weighted by atomic mass is 32.1. The molecule has 0 saturated heterocycles. The van der Waals surface area contributed by atoms with E-state index in [1.807, 2.05) is 33.1 Å². The minimum Gasteiger partial charge on any atom is -0.409 e. The Labute approximate surface area is 116 Å².